The summed E-state index contributed by atoms with van der Waals surface area (Å²) in [5, 5.41) is 17.8. The van der Waals surface area contributed by atoms with E-state index in [0.29, 0.717) is 5.56 Å². The molecule has 0 aliphatic heterocycles. The van der Waals surface area contributed by atoms with Gasteiger partial charge in [0.2, 0.25) is 0 Å². The molecule has 80 valence electrons. The average molecular weight is 246 g/mol. The van der Waals surface area contributed by atoms with Crippen molar-refractivity contribution in [2.24, 2.45) is 0 Å². The minimum absolute atomic E-state index is 0.0171. The zero-order valence-corrected chi connectivity index (χ0v) is 9.43. The number of aryl methyl sites for hydroxylation is 1. The zero-order chi connectivity index (χ0) is 11.6. The van der Waals surface area contributed by atoms with Gasteiger partial charge in [-0.1, -0.05) is 12.1 Å². The molecule has 0 fully saturated rings. The minimum Gasteiger partial charge on any atom is -0.392 e. The van der Waals surface area contributed by atoms with Gasteiger partial charge in [-0.3, -0.25) is 0 Å². The monoisotopic (exact) mass is 245 g/mol. The Bertz CT molecular complexity index is 531. The number of hydrogen-bond donors (Lipinski definition) is 1. The summed E-state index contributed by atoms with van der Waals surface area (Å²) in [6, 6.07) is 4.77. The summed E-state index contributed by atoms with van der Waals surface area (Å²) in [6.45, 7) is 1.13. The van der Waals surface area contributed by atoms with E-state index in [4.69, 9.17) is 21.1 Å². The van der Waals surface area contributed by atoms with Crippen molar-refractivity contribution in [3.8, 4) is 6.07 Å². The summed E-state index contributed by atoms with van der Waals surface area (Å²) in [7, 11) is 1.19. The van der Waals surface area contributed by atoms with E-state index in [1.807, 2.05) is 0 Å². The molecule has 0 aliphatic rings. The third-order valence-corrected chi connectivity index (χ3v) is 3.39. The van der Waals surface area contributed by atoms with Crippen LogP contribution in [0.1, 0.15) is 16.7 Å². The Balaban J connectivity index is 3.73. The summed E-state index contributed by atoms with van der Waals surface area (Å²) in [6.07, 6.45) is 0. The van der Waals surface area contributed by atoms with Crippen LogP contribution >= 0.6 is 10.7 Å². The Morgan fingerprint density at radius 3 is 2.53 bits per heavy atom. The van der Waals surface area contributed by atoms with Crippen LogP contribution in [0.25, 0.3) is 0 Å². The van der Waals surface area contributed by atoms with E-state index in [-0.39, 0.29) is 16.0 Å². The van der Waals surface area contributed by atoms with Gasteiger partial charge in [0.15, 0.2) is 0 Å². The predicted octanol–water partition coefficient (Wildman–Crippen LogP) is 1.29. The van der Waals surface area contributed by atoms with Crippen molar-refractivity contribution >= 4 is 19.7 Å². The first-order valence-corrected chi connectivity index (χ1v) is 6.31. The number of nitrogens with zero attached hydrogens (tertiary/aromatic N) is 1. The van der Waals surface area contributed by atoms with Gasteiger partial charge in [-0.05, 0) is 18.1 Å². The van der Waals surface area contributed by atoms with Gasteiger partial charge in [0.1, 0.15) is 11.0 Å². The van der Waals surface area contributed by atoms with Crippen molar-refractivity contribution in [2.75, 3.05) is 0 Å². The van der Waals surface area contributed by atoms with Crippen molar-refractivity contribution in [2.45, 2.75) is 18.4 Å². The van der Waals surface area contributed by atoms with Crippen LogP contribution in [0.5, 0.6) is 0 Å². The molecule has 1 aromatic carbocycles. The van der Waals surface area contributed by atoms with Crippen molar-refractivity contribution in [3.05, 3.63) is 28.8 Å². The molecule has 0 saturated heterocycles. The van der Waals surface area contributed by atoms with Gasteiger partial charge in [0, 0.05) is 10.7 Å². The Hall–Kier alpha value is -1.09. The molecule has 0 bridgehead atoms. The lowest BCUT2D eigenvalue weighted by atomic mass is 10.1. The Morgan fingerprint density at radius 1 is 1.53 bits per heavy atom. The lowest BCUT2D eigenvalue weighted by molar-refractivity contribution is 0.278. The summed E-state index contributed by atoms with van der Waals surface area (Å²) in [4.78, 5) is -0.297. The van der Waals surface area contributed by atoms with Crippen LogP contribution in [0, 0.1) is 18.3 Å². The first kappa shape index (κ1) is 12.0. The van der Waals surface area contributed by atoms with E-state index in [2.05, 4.69) is 0 Å². The maximum atomic E-state index is 11.2. The second-order valence-electron chi connectivity index (χ2n) is 2.95. The molecular weight excluding hydrogens is 238 g/mol. The second-order valence-corrected chi connectivity index (χ2v) is 5.46. The molecule has 0 aliphatic carbocycles. The number of halogens is 1. The summed E-state index contributed by atoms with van der Waals surface area (Å²) in [5.41, 5.74) is 0.623. The molecule has 0 amide bonds. The highest BCUT2D eigenvalue weighted by Gasteiger charge is 2.21. The molecule has 0 heterocycles. The lowest BCUT2D eigenvalue weighted by Gasteiger charge is -2.08. The van der Waals surface area contributed by atoms with Crippen molar-refractivity contribution in [1.29, 1.82) is 5.26 Å². The molecule has 0 saturated carbocycles. The smallest absolute Gasteiger partial charge is 0.262 e. The highest BCUT2D eigenvalue weighted by atomic mass is 35.7. The molecule has 1 rings (SSSR count). The molecule has 1 aromatic rings. The summed E-state index contributed by atoms with van der Waals surface area (Å²) < 4.78 is 22.5. The maximum absolute atomic E-state index is 11.2. The number of aliphatic hydroxyl groups excluding tert-OH is 1. The first-order valence-electron chi connectivity index (χ1n) is 4.00. The average Bonchev–Trinajstić information content (AvgIpc) is 2.15. The van der Waals surface area contributed by atoms with Gasteiger partial charge in [-0.25, -0.2) is 8.42 Å². The number of benzene rings is 1. The Labute approximate surface area is 92.1 Å². The van der Waals surface area contributed by atoms with Crippen LogP contribution in [-0.2, 0) is 15.7 Å². The molecule has 4 nitrogen and oxygen atoms in total. The highest BCUT2D eigenvalue weighted by molar-refractivity contribution is 8.13. The minimum atomic E-state index is -4.02. The van der Waals surface area contributed by atoms with E-state index in [0.717, 1.165) is 0 Å². The number of nitriles is 1. The second kappa shape index (κ2) is 4.19. The number of hydrogen-bond acceptors (Lipinski definition) is 4. The third-order valence-electron chi connectivity index (χ3n) is 1.97. The normalized spacial score (nSPS) is 11.1. The number of aliphatic hydroxyl groups is 1. The molecule has 15 heavy (non-hydrogen) atoms. The van der Waals surface area contributed by atoms with Crippen LogP contribution in [0.4, 0.5) is 0 Å². The fourth-order valence-electron chi connectivity index (χ4n) is 1.27. The number of rotatable bonds is 2. The summed E-state index contributed by atoms with van der Waals surface area (Å²) in [5.74, 6) is 0. The molecule has 0 aromatic heterocycles. The SMILES string of the molecule is Cc1ccc(CO)c(S(=O)(=O)Cl)c1C#N. The van der Waals surface area contributed by atoms with E-state index in [1.54, 1.807) is 19.1 Å². The molecular formula is C9H8ClNO3S. The van der Waals surface area contributed by atoms with Gasteiger partial charge >= 0.3 is 0 Å². The third kappa shape index (κ3) is 2.29. The van der Waals surface area contributed by atoms with E-state index in [1.165, 1.54) is 6.07 Å². The van der Waals surface area contributed by atoms with Gasteiger partial charge in [0.05, 0.1) is 12.2 Å². The largest absolute Gasteiger partial charge is 0.392 e. The summed E-state index contributed by atoms with van der Waals surface area (Å²) >= 11 is 0. The van der Waals surface area contributed by atoms with Gasteiger partial charge < -0.3 is 5.11 Å². The lowest BCUT2D eigenvalue weighted by Crippen LogP contribution is -2.03. The van der Waals surface area contributed by atoms with Gasteiger partial charge in [0.25, 0.3) is 9.05 Å². The van der Waals surface area contributed by atoms with Crippen molar-refractivity contribution < 1.29 is 13.5 Å². The van der Waals surface area contributed by atoms with Crippen molar-refractivity contribution in [1.82, 2.24) is 0 Å². The molecule has 0 unspecified atom stereocenters. The van der Waals surface area contributed by atoms with Gasteiger partial charge in [-0.15, -0.1) is 0 Å². The van der Waals surface area contributed by atoms with Crippen LogP contribution in [-0.4, -0.2) is 13.5 Å². The van der Waals surface area contributed by atoms with Crippen LogP contribution < -0.4 is 0 Å². The quantitative estimate of drug-likeness (QED) is 0.797. The molecule has 1 N–H and O–H groups in total. The first-order chi connectivity index (χ1) is 6.91. The molecule has 6 heteroatoms. The highest BCUT2D eigenvalue weighted by Crippen LogP contribution is 2.26. The molecule has 0 radical (unpaired) electrons. The molecule has 0 spiro atoms. The van der Waals surface area contributed by atoms with Crippen LogP contribution in [0.2, 0.25) is 0 Å². The Kier molecular flexibility index (Phi) is 3.35. The maximum Gasteiger partial charge on any atom is 0.262 e. The van der Waals surface area contributed by atoms with E-state index < -0.39 is 15.7 Å². The topological polar surface area (TPSA) is 78.2 Å². The van der Waals surface area contributed by atoms with Crippen LogP contribution in [0.3, 0.4) is 0 Å². The van der Waals surface area contributed by atoms with Crippen LogP contribution in [0.15, 0.2) is 17.0 Å². The standard InChI is InChI=1S/C9H8ClNO3S/c1-6-2-3-7(5-12)9(8(6)4-11)15(10,13)14/h2-3,12H,5H2,1H3. The molecule has 0 atom stereocenters. The Morgan fingerprint density at radius 2 is 2.13 bits per heavy atom. The fourth-order valence-corrected chi connectivity index (χ4v) is 2.69. The van der Waals surface area contributed by atoms with Gasteiger partial charge in [-0.2, -0.15) is 5.26 Å². The fraction of sp³-hybridized carbons (Fsp3) is 0.222. The van der Waals surface area contributed by atoms with Crippen molar-refractivity contribution in [3.63, 3.8) is 0 Å². The van der Waals surface area contributed by atoms with E-state index in [9.17, 15) is 8.42 Å². The zero-order valence-electron chi connectivity index (χ0n) is 7.86. The van der Waals surface area contributed by atoms with E-state index >= 15 is 0 Å². The predicted molar refractivity (Wildman–Crippen MR) is 54.9 cm³/mol.